The standard InChI is InChI=1S/C28H27ClF2N2O4/c1-15(34)13-36-20-11-10-18(27(35)33-4)23(26(20)31)24-22-16(2)28(14-32-3,17-8-6-5-7-9-17)37-21(22)12-19(30)25(24)29/h5-6,8-12,15-16,32,34H,13-14H2,1-4H3/p+1/t15-,16-,28-/m0/s1. The number of halogens is 3. The van der Waals surface area contributed by atoms with Crippen molar-refractivity contribution in [2.24, 2.45) is 0 Å². The number of benzene rings is 2. The number of nitrogens with one attached hydrogen (secondary N) is 2. The lowest BCUT2D eigenvalue weighted by Crippen LogP contribution is -2.47. The van der Waals surface area contributed by atoms with Crippen molar-refractivity contribution in [2.75, 3.05) is 27.2 Å². The topological polar surface area (TPSA) is 79.8 Å². The van der Waals surface area contributed by atoms with Crippen LogP contribution in [0.4, 0.5) is 8.78 Å². The summed E-state index contributed by atoms with van der Waals surface area (Å²) in [7, 11) is 3.18. The van der Waals surface area contributed by atoms with E-state index in [2.05, 4.69) is 16.7 Å². The average Bonchev–Trinajstić information content (AvgIpc) is 3.16. The van der Waals surface area contributed by atoms with Crippen molar-refractivity contribution in [3.63, 3.8) is 0 Å². The molecule has 0 aromatic heterocycles. The van der Waals surface area contributed by atoms with Crippen LogP contribution in [0.5, 0.6) is 11.5 Å². The van der Waals surface area contributed by atoms with E-state index in [1.165, 1.54) is 32.2 Å². The van der Waals surface area contributed by atoms with Gasteiger partial charge in [0.25, 0.3) is 5.91 Å². The lowest BCUT2D eigenvalue weighted by molar-refractivity contribution is 0.0962. The van der Waals surface area contributed by atoms with E-state index in [9.17, 15) is 9.90 Å². The van der Waals surface area contributed by atoms with Crippen molar-refractivity contribution in [1.29, 1.82) is 0 Å². The minimum atomic E-state index is -0.981. The number of amides is 1. The van der Waals surface area contributed by atoms with Gasteiger partial charge >= 0.3 is 0 Å². The van der Waals surface area contributed by atoms with Gasteiger partial charge in [-0.3, -0.25) is 4.79 Å². The Kier molecular flexibility index (Phi) is 7.67. The van der Waals surface area contributed by atoms with Gasteiger partial charge in [-0.15, -0.1) is 0 Å². The number of likely N-dealkylation sites (N-methyl/N-ethyl adjacent to an activating group) is 1. The van der Waals surface area contributed by atoms with Crippen LogP contribution in [-0.4, -0.2) is 50.0 Å². The third-order valence-electron chi connectivity index (χ3n) is 6.59. The number of allylic oxidation sites excluding steroid dienone is 4. The molecule has 0 saturated carbocycles. The first-order valence-electron chi connectivity index (χ1n) is 11.8. The van der Waals surface area contributed by atoms with Crippen LogP contribution in [0.3, 0.4) is 0 Å². The lowest BCUT2D eigenvalue weighted by atomic mass is 9.76. The summed E-state index contributed by atoms with van der Waals surface area (Å²) in [4.78, 5) is 12.8. The Morgan fingerprint density at radius 2 is 2.08 bits per heavy atom. The summed E-state index contributed by atoms with van der Waals surface area (Å²) >= 11 is 6.53. The van der Waals surface area contributed by atoms with E-state index in [0.29, 0.717) is 12.1 Å². The molecule has 1 aliphatic heterocycles. The number of fused-ring (bicyclic) bond motifs is 1. The molecule has 0 radical (unpaired) electrons. The molecule has 0 fully saturated rings. The fourth-order valence-electron chi connectivity index (χ4n) is 4.86. The molecule has 2 aliphatic rings. The highest BCUT2D eigenvalue weighted by Gasteiger charge is 2.53. The van der Waals surface area contributed by atoms with Crippen LogP contribution in [0.2, 0.25) is 5.02 Å². The van der Waals surface area contributed by atoms with Crippen LogP contribution in [0.1, 0.15) is 35.7 Å². The minimum Gasteiger partial charge on any atom is -0.488 e. The Morgan fingerprint density at radius 3 is 2.70 bits per heavy atom. The highest BCUT2D eigenvalue weighted by atomic mass is 35.5. The first kappa shape index (κ1) is 26.8. The second kappa shape index (κ2) is 10.6. The van der Waals surface area contributed by atoms with Crippen LogP contribution in [0, 0.1) is 17.7 Å². The van der Waals surface area contributed by atoms with Gasteiger partial charge < -0.3 is 25.2 Å². The van der Waals surface area contributed by atoms with Gasteiger partial charge in [0.15, 0.2) is 17.2 Å². The number of carbonyl (C=O) groups is 1. The Bertz CT molecular complexity index is 1320. The predicted molar refractivity (Wildman–Crippen MR) is 138 cm³/mol. The van der Waals surface area contributed by atoms with E-state index in [-0.39, 0.29) is 39.8 Å². The molecule has 37 heavy (non-hydrogen) atoms. The van der Waals surface area contributed by atoms with Gasteiger partial charge in [-0.25, -0.2) is 8.78 Å². The van der Waals surface area contributed by atoms with Gasteiger partial charge in [0, 0.05) is 47.9 Å². The van der Waals surface area contributed by atoms with Crippen molar-refractivity contribution in [1.82, 2.24) is 10.6 Å². The highest BCUT2D eigenvalue weighted by molar-refractivity contribution is 6.34. The molecule has 3 atom stereocenters. The zero-order chi connectivity index (χ0) is 26.9. The molecule has 2 aromatic carbocycles. The Labute approximate surface area is 219 Å². The molecule has 0 unspecified atom stereocenters. The molecule has 1 heterocycles. The van der Waals surface area contributed by atoms with Crippen LogP contribution in [0.25, 0.3) is 11.1 Å². The molecule has 0 bridgehead atoms. The lowest BCUT2D eigenvalue weighted by Gasteiger charge is -2.31. The van der Waals surface area contributed by atoms with E-state index < -0.39 is 35.2 Å². The van der Waals surface area contributed by atoms with Crippen LogP contribution >= 0.6 is 11.6 Å². The number of carbonyl (C=O) groups excluding carboxylic acids is 1. The van der Waals surface area contributed by atoms with Crippen LogP contribution in [-0.2, 0) is 0 Å². The number of rotatable bonds is 8. The molecule has 1 amide bonds. The van der Waals surface area contributed by atoms with Crippen molar-refractivity contribution in [2.45, 2.75) is 31.5 Å². The monoisotopic (exact) mass is 529 g/mol. The largest absolute Gasteiger partial charge is 0.488 e. The van der Waals surface area contributed by atoms with Gasteiger partial charge in [0.1, 0.15) is 35.9 Å². The molecule has 2 aromatic rings. The van der Waals surface area contributed by atoms with Crippen molar-refractivity contribution in [3.05, 3.63) is 81.9 Å². The SMILES string of the molecule is CNC[C@]1(C2=CC=C[C+]=C2)Oc2cc(F)c(Cl)c(-c3c(C(=O)NC)ccc(OC[C@H](C)O)c3F)c2[C@@H]1C. The Hall–Kier alpha value is -3.29. The second-order valence-electron chi connectivity index (χ2n) is 9.03. The third kappa shape index (κ3) is 4.62. The van der Waals surface area contributed by atoms with Gasteiger partial charge in [-0.05, 0) is 26.1 Å². The molecule has 1 aliphatic carbocycles. The first-order chi connectivity index (χ1) is 17.7. The van der Waals surface area contributed by atoms with Gasteiger partial charge in [0.2, 0.25) is 0 Å². The molecule has 9 heteroatoms. The number of ether oxygens (including phenoxy) is 2. The summed E-state index contributed by atoms with van der Waals surface area (Å²) in [6.45, 7) is 3.55. The van der Waals surface area contributed by atoms with Crippen molar-refractivity contribution in [3.8, 4) is 22.6 Å². The first-order valence-corrected chi connectivity index (χ1v) is 12.2. The molecule has 4 rings (SSSR count). The third-order valence-corrected chi connectivity index (χ3v) is 6.96. The summed E-state index contributed by atoms with van der Waals surface area (Å²) in [5.74, 6) is -2.76. The number of hydrogen-bond donors (Lipinski definition) is 3. The van der Waals surface area contributed by atoms with Gasteiger partial charge in [0.05, 0.1) is 29.3 Å². The van der Waals surface area contributed by atoms with E-state index in [1.54, 1.807) is 19.2 Å². The highest BCUT2D eigenvalue weighted by Crippen LogP contribution is 2.55. The maximum atomic E-state index is 16.1. The predicted octanol–water partition coefficient (Wildman–Crippen LogP) is 4.71. The van der Waals surface area contributed by atoms with E-state index in [1.807, 2.05) is 19.1 Å². The van der Waals surface area contributed by atoms with Crippen LogP contribution < -0.4 is 20.1 Å². The normalized spacial score (nSPS) is 20.5. The molecule has 0 saturated heterocycles. The molecular formula is C28H28ClF2N2O4+. The quantitative estimate of drug-likeness (QED) is 0.431. The Balaban J connectivity index is 2.01. The van der Waals surface area contributed by atoms with E-state index >= 15 is 8.78 Å². The number of aliphatic hydroxyl groups excluding tert-OH is 1. The number of aliphatic hydroxyl groups is 1. The van der Waals surface area contributed by atoms with E-state index in [0.717, 1.165) is 5.57 Å². The van der Waals surface area contributed by atoms with Crippen molar-refractivity contribution >= 4 is 17.5 Å². The second-order valence-corrected chi connectivity index (χ2v) is 9.41. The zero-order valence-electron chi connectivity index (χ0n) is 20.9. The molecule has 3 N–H and O–H groups in total. The molecular weight excluding hydrogens is 502 g/mol. The van der Waals surface area contributed by atoms with Crippen molar-refractivity contribution < 1.29 is 28.2 Å². The zero-order valence-corrected chi connectivity index (χ0v) is 21.7. The maximum absolute atomic E-state index is 16.1. The minimum absolute atomic E-state index is 0.0145. The van der Waals surface area contributed by atoms with E-state index in [4.69, 9.17) is 21.1 Å². The average molecular weight is 530 g/mol. The summed E-state index contributed by atoms with van der Waals surface area (Å²) < 4.78 is 43.3. The molecule has 0 spiro atoms. The Morgan fingerprint density at radius 1 is 1.32 bits per heavy atom. The van der Waals surface area contributed by atoms with Crippen LogP contribution in [0.15, 0.2) is 48.1 Å². The summed E-state index contributed by atoms with van der Waals surface area (Å²) in [5.41, 5.74) is 0.0218. The molecule has 194 valence electrons. The van der Waals surface area contributed by atoms with Gasteiger partial charge in [-0.1, -0.05) is 18.5 Å². The smallest absolute Gasteiger partial charge is 0.251 e. The van der Waals surface area contributed by atoms with Gasteiger partial charge in [-0.2, -0.15) is 0 Å². The summed E-state index contributed by atoms with van der Waals surface area (Å²) in [6.07, 6.45) is 9.45. The summed E-state index contributed by atoms with van der Waals surface area (Å²) in [6, 6.07) is 3.87. The maximum Gasteiger partial charge on any atom is 0.251 e. The summed E-state index contributed by atoms with van der Waals surface area (Å²) in [5, 5.41) is 14.9. The fourth-order valence-corrected chi connectivity index (χ4v) is 5.11. The fraction of sp³-hybridized carbons (Fsp3) is 0.321. The number of hydrogen-bond acceptors (Lipinski definition) is 5. The molecule has 6 nitrogen and oxygen atoms in total.